The van der Waals surface area contributed by atoms with Crippen LogP contribution in [0.5, 0.6) is 0 Å². The molecule has 0 fully saturated rings. The first-order chi connectivity index (χ1) is 9.61. The second-order valence-corrected chi connectivity index (χ2v) is 5.73. The molecule has 2 rings (SSSR count). The van der Waals surface area contributed by atoms with E-state index in [9.17, 15) is 5.11 Å². The lowest BCUT2D eigenvalue weighted by atomic mass is 10.1. The molecule has 0 aliphatic heterocycles. The van der Waals surface area contributed by atoms with E-state index in [0.29, 0.717) is 24.6 Å². The minimum absolute atomic E-state index is 0.508. The smallest absolute Gasteiger partial charge is 0.101 e. The summed E-state index contributed by atoms with van der Waals surface area (Å²) < 4.78 is 7.61. The highest BCUT2D eigenvalue weighted by atomic mass is 79.9. The third-order valence-corrected chi connectivity index (χ3v) is 3.86. The van der Waals surface area contributed by atoms with Gasteiger partial charge in [-0.1, -0.05) is 23.7 Å². The van der Waals surface area contributed by atoms with Crippen molar-refractivity contribution in [1.29, 1.82) is 0 Å². The minimum Gasteiger partial charge on any atom is -0.386 e. The Bertz CT molecular complexity index is 557. The van der Waals surface area contributed by atoms with Crippen molar-refractivity contribution in [3.05, 3.63) is 51.2 Å². The summed E-state index contributed by atoms with van der Waals surface area (Å²) in [6, 6.07) is 7.46. The molecule has 0 spiro atoms. The van der Waals surface area contributed by atoms with Crippen LogP contribution in [-0.2, 0) is 17.7 Å². The van der Waals surface area contributed by atoms with Gasteiger partial charge < -0.3 is 9.84 Å². The predicted octanol–water partition coefficient (Wildman–Crippen LogP) is 3.22. The van der Waals surface area contributed by atoms with E-state index in [1.165, 1.54) is 0 Å². The highest BCUT2D eigenvalue weighted by Gasteiger charge is 2.18. The maximum Gasteiger partial charge on any atom is 0.101 e. The van der Waals surface area contributed by atoms with Crippen LogP contribution in [0.15, 0.2) is 34.9 Å². The maximum absolute atomic E-state index is 10.4. The maximum atomic E-state index is 10.4. The van der Waals surface area contributed by atoms with E-state index in [4.69, 9.17) is 16.3 Å². The average molecular weight is 360 g/mol. The SMILES string of the molecule is COCCn1ncc(Br)c1C(O)Cc1ccc(Cl)cc1. The Kier molecular flexibility index (Phi) is 5.60. The van der Waals surface area contributed by atoms with Crippen molar-refractivity contribution in [3.63, 3.8) is 0 Å². The molecule has 1 N–H and O–H groups in total. The van der Waals surface area contributed by atoms with Crippen molar-refractivity contribution in [2.24, 2.45) is 0 Å². The van der Waals surface area contributed by atoms with Gasteiger partial charge in [-0.15, -0.1) is 0 Å². The first-order valence-corrected chi connectivity index (χ1v) is 7.41. The normalized spacial score (nSPS) is 12.6. The number of hydrogen-bond acceptors (Lipinski definition) is 3. The lowest BCUT2D eigenvalue weighted by Gasteiger charge is -2.14. The van der Waals surface area contributed by atoms with E-state index >= 15 is 0 Å². The zero-order chi connectivity index (χ0) is 14.5. The Morgan fingerprint density at radius 3 is 2.75 bits per heavy atom. The van der Waals surface area contributed by atoms with Crippen LogP contribution in [0.3, 0.4) is 0 Å². The van der Waals surface area contributed by atoms with Gasteiger partial charge in [0.05, 0.1) is 29.5 Å². The molecule has 0 aliphatic carbocycles. The van der Waals surface area contributed by atoms with Crippen LogP contribution in [0.25, 0.3) is 0 Å². The summed E-state index contributed by atoms with van der Waals surface area (Å²) in [6.45, 7) is 1.16. The molecule has 1 aromatic heterocycles. The van der Waals surface area contributed by atoms with E-state index in [0.717, 1.165) is 15.7 Å². The van der Waals surface area contributed by atoms with Gasteiger partial charge in [-0.05, 0) is 33.6 Å². The monoisotopic (exact) mass is 358 g/mol. The second-order valence-electron chi connectivity index (χ2n) is 4.44. The summed E-state index contributed by atoms with van der Waals surface area (Å²) >= 11 is 9.29. The Hall–Kier alpha value is -0.880. The van der Waals surface area contributed by atoms with E-state index in [2.05, 4.69) is 21.0 Å². The number of aliphatic hydroxyl groups excluding tert-OH is 1. The fourth-order valence-electron chi connectivity index (χ4n) is 2.00. The Balaban J connectivity index is 2.13. The number of methoxy groups -OCH3 is 1. The van der Waals surface area contributed by atoms with E-state index in [-0.39, 0.29) is 0 Å². The molecule has 4 nitrogen and oxygen atoms in total. The van der Waals surface area contributed by atoms with Crippen LogP contribution in [0.1, 0.15) is 17.4 Å². The van der Waals surface area contributed by atoms with Gasteiger partial charge in [0.25, 0.3) is 0 Å². The highest BCUT2D eigenvalue weighted by Crippen LogP contribution is 2.26. The number of aromatic nitrogens is 2. The molecule has 1 atom stereocenters. The largest absolute Gasteiger partial charge is 0.386 e. The van der Waals surface area contributed by atoms with Crippen LogP contribution in [-0.4, -0.2) is 28.6 Å². The molecule has 0 saturated carbocycles. The number of aliphatic hydroxyl groups is 1. The number of hydrogen-bond donors (Lipinski definition) is 1. The number of ether oxygens (including phenoxy) is 1. The summed E-state index contributed by atoms with van der Waals surface area (Å²) in [5.41, 5.74) is 1.78. The lowest BCUT2D eigenvalue weighted by Crippen LogP contribution is -2.14. The molecule has 1 unspecified atom stereocenters. The molecular formula is C14H16BrClN2O2. The van der Waals surface area contributed by atoms with E-state index in [1.807, 2.05) is 24.3 Å². The van der Waals surface area contributed by atoms with Gasteiger partial charge >= 0.3 is 0 Å². The first kappa shape index (κ1) is 15.5. The molecule has 0 bridgehead atoms. The molecule has 0 aliphatic rings. The Morgan fingerprint density at radius 2 is 2.10 bits per heavy atom. The highest BCUT2D eigenvalue weighted by molar-refractivity contribution is 9.10. The van der Waals surface area contributed by atoms with Crippen LogP contribution < -0.4 is 0 Å². The van der Waals surface area contributed by atoms with Crippen molar-refractivity contribution in [1.82, 2.24) is 9.78 Å². The molecular weight excluding hydrogens is 344 g/mol. The van der Waals surface area contributed by atoms with Crippen molar-refractivity contribution in [3.8, 4) is 0 Å². The molecule has 6 heteroatoms. The summed E-state index contributed by atoms with van der Waals surface area (Å²) in [4.78, 5) is 0. The van der Waals surface area contributed by atoms with Gasteiger partial charge in [0, 0.05) is 18.6 Å². The van der Waals surface area contributed by atoms with Gasteiger partial charge in [0.1, 0.15) is 6.10 Å². The van der Waals surface area contributed by atoms with Gasteiger partial charge in [0.2, 0.25) is 0 Å². The van der Waals surface area contributed by atoms with Crippen LogP contribution in [0.2, 0.25) is 5.02 Å². The summed E-state index contributed by atoms with van der Waals surface area (Å²) in [5, 5.41) is 15.4. The fraction of sp³-hybridized carbons (Fsp3) is 0.357. The summed E-state index contributed by atoms with van der Waals surface area (Å²) in [5.74, 6) is 0. The van der Waals surface area contributed by atoms with Crippen molar-refractivity contribution in [2.45, 2.75) is 19.1 Å². The third-order valence-electron chi connectivity index (χ3n) is 3.00. The van der Waals surface area contributed by atoms with Gasteiger partial charge in [-0.25, -0.2) is 0 Å². The average Bonchev–Trinajstić information content (AvgIpc) is 2.80. The molecule has 108 valence electrons. The molecule has 2 aromatic rings. The number of rotatable bonds is 6. The zero-order valence-electron chi connectivity index (χ0n) is 11.1. The summed E-state index contributed by atoms with van der Waals surface area (Å²) in [6.07, 6.45) is 1.56. The van der Waals surface area contributed by atoms with E-state index in [1.54, 1.807) is 18.0 Å². The number of benzene rings is 1. The summed E-state index contributed by atoms with van der Waals surface area (Å²) in [7, 11) is 1.64. The van der Waals surface area contributed by atoms with Gasteiger partial charge in [0.15, 0.2) is 0 Å². The Labute approximate surface area is 131 Å². The van der Waals surface area contributed by atoms with Crippen molar-refractivity contribution in [2.75, 3.05) is 13.7 Å². The standard InChI is InChI=1S/C14H16BrClN2O2/c1-20-7-6-18-14(12(15)9-17-18)13(19)8-10-2-4-11(16)5-3-10/h2-5,9,13,19H,6-8H2,1H3. The molecule has 0 saturated heterocycles. The van der Waals surface area contributed by atoms with Crippen molar-refractivity contribution >= 4 is 27.5 Å². The van der Waals surface area contributed by atoms with Crippen LogP contribution in [0.4, 0.5) is 0 Å². The zero-order valence-corrected chi connectivity index (χ0v) is 13.4. The molecule has 0 radical (unpaired) electrons. The molecule has 20 heavy (non-hydrogen) atoms. The Morgan fingerprint density at radius 1 is 1.40 bits per heavy atom. The predicted molar refractivity (Wildman–Crippen MR) is 81.9 cm³/mol. The van der Waals surface area contributed by atoms with Gasteiger partial charge in [-0.3, -0.25) is 4.68 Å². The van der Waals surface area contributed by atoms with Gasteiger partial charge in [-0.2, -0.15) is 5.10 Å². The number of nitrogens with zero attached hydrogens (tertiary/aromatic N) is 2. The lowest BCUT2D eigenvalue weighted by molar-refractivity contribution is 0.152. The van der Waals surface area contributed by atoms with Crippen LogP contribution >= 0.6 is 27.5 Å². The molecule has 0 amide bonds. The quantitative estimate of drug-likeness (QED) is 0.861. The van der Waals surface area contributed by atoms with Crippen molar-refractivity contribution < 1.29 is 9.84 Å². The molecule has 1 aromatic carbocycles. The topological polar surface area (TPSA) is 47.3 Å². The van der Waals surface area contributed by atoms with E-state index < -0.39 is 6.10 Å². The third kappa shape index (κ3) is 3.82. The minimum atomic E-state index is -0.634. The first-order valence-electron chi connectivity index (χ1n) is 6.24. The fourth-order valence-corrected chi connectivity index (χ4v) is 2.69. The van der Waals surface area contributed by atoms with Crippen LogP contribution in [0, 0.1) is 0 Å². The number of halogens is 2. The second kappa shape index (κ2) is 7.22. The molecule has 1 heterocycles.